The molecule has 1 nitrogen and oxygen atoms in total. The zero-order valence-electron chi connectivity index (χ0n) is 27.5. The van der Waals surface area contributed by atoms with Gasteiger partial charge >= 0.3 is 0 Å². The lowest BCUT2D eigenvalue weighted by Gasteiger charge is -2.35. The third-order valence-corrected chi connectivity index (χ3v) is 15.5. The van der Waals surface area contributed by atoms with Crippen LogP contribution in [0.25, 0.3) is 59.8 Å². The first-order valence-corrected chi connectivity index (χ1v) is 19.4. The van der Waals surface area contributed by atoms with Crippen LogP contribution in [-0.2, 0) is 0 Å². The fourth-order valence-electron chi connectivity index (χ4n) is 8.58. The average molecular weight is 652 g/mol. The van der Waals surface area contributed by atoms with Crippen molar-refractivity contribution < 1.29 is 0 Å². The molecule has 50 heavy (non-hydrogen) atoms. The Morgan fingerprint density at radius 3 is 1.12 bits per heavy atom. The molecule has 2 heteroatoms. The van der Waals surface area contributed by atoms with Crippen molar-refractivity contribution in [1.29, 1.82) is 0 Å². The first kappa shape index (κ1) is 28.8. The van der Waals surface area contributed by atoms with Crippen molar-refractivity contribution in [3.8, 4) is 5.69 Å². The highest BCUT2D eigenvalue weighted by atomic mass is 28.3. The molecule has 0 aliphatic heterocycles. The van der Waals surface area contributed by atoms with Gasteiger partial charge in [-0.05, 0) is 77.3 Å². The molecule has 0 fully saturated rings. The zero-order chi connectivity index (χ0) is 33.1. The molecule has 0 aliphatic rings. The topological polar surface area (TPSA) is 4.93 Å². The monoisotopic (exact) mass is 651 g/mol. The van der Waals surface area contributed by atoms with E-state index in [4.69, 9.17) is 0 Å². The molecule has 0 saturated carbocycles. The molecule has 10 rings (SSSR count). The Balaban J connectivity index is 1.27. The molecule has 234 valence electrons. The molecule has 1 aromatic heterocycles. The Morgan fingerprint density at radius 2 is 0.620 bits per heavy atom. The van der Waals surface area contributed by atoms with Crippen LogP contribution in [0.3, 0.4) is 0 Å². The van der Waals surface area contributed by atoms with Crippen LogP contribution < -0.4 is 20.7 Å². The number of hydrogen-bond donors (Lipinski definition) is 0. The first-order chi connectivity index (χ1) is 24.8. The highest BCUT2D eigenvalue weighted by Gasteiger charge is 2.41. The largest absolute Gasteiger partial charge is 0.309 e. The van der Waals surface area contributed by atoms with E-state index in [0.29, 0.717) is 0 Å². The van der Waals surface area contributed by atoms with Crippen LogP contribution in [0.5, 0.6) is 0 Å². The highest BCUT2D eigenvalue weighted by Crippen LogP contribution is 2.35. The summed E-state index contributed by atoms with van der Waals surface area (Å²) in [6.45, 7) is 0. The minimum Gasteiger partial charge on any atom is -0.309 e. The third-order valence-electron chi connectivity index (χ3n) is 10.7. The molecule has 0 N–H and O–H groups in total. The van der Waals surface area contributed by atoms with Gasteiger partial charge < -0.3 is 4.57 Å². The molecule has 0 aliphatic carbocycles. The van der Waals surface area contributed by atoms with Gasteiger partial charge in [-0.2, -0.15) is 0 Å². The van der Waals surface area contributed by atoms with Crippen molar-refractivity contribution >= 4 is 82.9 Å². The summed E-state index contributed by atoms with van der Waals surface area (Å²) in [5, 5.41) is 15.9. The number of benzene rings is 9. The quantitative estimate of drug-likeness (QED) is 0.0993. The van der Waals surface area contributed by atoms with E-state index >= 15 is 0 Å². The van der Waals surface area contributed by atoms with Crippen molar-refractivity contribution in [3.63, 3.8) is 0 Å². The number of nitrogens with zero attached hydrogens (tertiary/aromatic N) is 1. The summed E-state index contributed by atoms with van der Waals surface area (Å²) in [5.41, 5.74) is 3.63. The van der Waals surface area contributed by atoms with Crippen molar-refractivity contribution in [1.82, 2.24) is 4.57 Å². The van der Waals surface area contributed by atoms with Crippen LogP contribution in [0.4, 0.5) is 0 Å². The lowest BCUT2D eigenvalue weighted by Crippen LogP contribution is -2.74. The summed E-state index contributed by atoms with van der Waals surface area (Å²) in [5.74, 6) is 0. The Morgan fingerprint density at radius 1 is 0.260 bits per heavy atom. The van der Waals surface area contributed by atoms with E-state index in [0.717, 1.165) is 0 Å². The van der Waals surface area contributed by atoms with Crippen molar-refractivity contribution in [2.45, 2.75) is 0 Å². The maximum atomic E-state index is 2.53. The summed E-state index contributed by atoms with van der Waals surface area (Å²) in [4.78, 5) is 0. The van der Waals surface area contributed by atoms with Gasteiger partial charge in [-0.3, -0.25) is 0 Å². The van der Waals surface area contributed by atoms with Gasteiger partial charge in [0.15, 0.2) is 8.07 Å². The molecule has 0 spiro atoms. The highest BCUT2D eigenvalue weighted by molar-refractivity contribution is 7.20. The first-order valence-electron chi connectivity index (χ1n) is 17.4. The van der Waals surface area contributed by atoms with Crippen molar-refractivity contribution in [3.05, 3.63) is 200 Å². The fourth-order valence-corrected chi connectivity index (χ4v) is 13.3. The summed E-state index contributed by atoms with van der Waals surface area (Å²) in [7, 11) is -2.80. The Kier molecular flexibility index (Phi) is 6.58. The molecule has 0 atom stereocenters. The Bertz CT molecular complexity index is 2720. The van der Waals surface area contributed by atoms with Gasteiger partial charge in [0.1, 0.15) is 0 Å². The third kappa shape index (κ3) is 4.19. The minimum atomic E-state index is -2.80. The van der Waals surface area contributed by atoms with Crippen molar-refractivity contribution in [2.24, 2.45) is 0 Å². The predicted molar refractivity (Wildman–Crippen MR) is 217 cm³/mol. The maximum Gasteiger partial charge on any atom is 0.179 e. The molecular weight excluding hydrogens is 619 g/mol. The molecule has 0 radical (unpaired) electrons. The van der Waals surface area contributed by atoms with Gasteiger partial charge in [-0.25, -0.2) is 0 Å². The van der Waals surface area contributed by atoms with E-state index in [2.05, 4.69) is 205 Å². The molecule has 0 saturated heterocycles. The van der Waals surface area contributed by atoms with E-state index in [1.165, 1.54) is 80.6 Å². The SMILES string of the molecule is c1ccc([Si](c2ccccc2)(c2ccc(-n3c4ccccc4c4ccccc43)cc2)c2ccc3c4ccccc4c4ccccc4c3c2)cc1. The molecule has 10 aromatic rings. The molecule has 9 aromatic carbocycles. The van der Waals surface area contributed by atoms with Gasteiger partial charge in [-0.15, -0.1) is 0 Å². The summed E-state index contributed by atoms with van der Waals surface area (Å²) < 4.78 is 2.41. The Labute approximate surface area is 292 Å². The fraction of sp³-hybridized carbons (Fsp3) is 0. The standard InChI is InChI=1S/C48H33NSi/c1-3-15-35(16-4-1)50(36-17-5-2-6-18-36,38-31-32-43-41-21-8-7-19-39(41)40-20-9-10-22-42(40)46(43)33-38)37-29-27-34(28-30-37)49-47-25-13-11-23-44(47)45-24-12-14-26-48(45)49/h1-33H. The second kappa shape index (κ2) is 11.4. The van der Waals surface area contributed by atoms with Gasteiger partial charge in [-0.1, -0.05) is 176 Å². The molecular formula is C48H33NSi. The molecule has 0 bridgehead atoms. The van der Waals surface area contributed by atoms with Crippen LogP contribution in [0.2, 0.25) is 0 Å². The molecule has 0 amide bonds. The number of aromatic nitrogens is 1. The number of para-hydroxylation sites is 2. The normalized spacial score (nSPS) is 12.0. The van der Waals surface area contributed by atoms with Gasteiger partial charge in [0.05, 0.1) is 11.0 Å². The second-order valence-corrected chi connectivity index (χ2v) is 17.1. The smallest absolute Gasteiger partial charge is 0.179 e. The van der Waals surface area contributed by atoms with Gasteiger partial charge in [0.25, 0.3) is 0 Å². The van der Waals surface area contributed by atoms with Crippen molar-refractivity contribution in [2.75, 3.05) is 0 Å². The van der Waals surface area contributed by atoms with Crippen LogP contribution in [-0.4, -0.2) is 12.6 Å². The number of fused-ring (bicyclic) bond motifs is 9. The zero-order valence-corrected chi connectivity index (χ0v) is 28.5. The predicted octanol–water partition coefficient (Wildman–Crippen LogP) is 9.62. The lowest BCUT2D eigenvalue weighted by atomic mass is 9.94. The summed E-state index contributed by atoms with van der Waals surface area (Å²) in [6.07, 6.45) is 0. The van der Waals surface area contributed by atoms with E-state index in [1.54, 1.807) is 0 Å². The second-order valence-electron chi connectivity index (χ2n) is 13.3. The van der Waals surface area contributed by atoms with Gasteiger partial charge in [0, 0.05) is 16.5 Å². The Hall–Kier alpha value is -6.22. The van der Waals surface area contributed by atoms with E-state index < -0.39 is 8.07 Å². The van der Waals surface area contributed by atoms with Crippen LogP contribution in [0.1, 0.15) is 0 Å². The number of hydrogen-bond acceptors (Lipinski definition) is 0. The molecule has 0 unspecified atom stereocenters. The van der Waals surface area contributed by atoms with Crippen LogP contribution in [0, 0.1) is 0 Å². The maximum absolute atomic E-state index is 2.80. The lowest BCUT2D eigenvalue weighted by molar-refractivity contribution is 1.18. The van der Waals surface area contributed by atoms with Crippen LogP contribution in [0.15, 0.2) is 200 Å². The van der Waals surface area contributed by atoms with E-state index in [-0.39, 0.29) is 0 Å². The minimum absolute atomic E-state index is 1.17. The van der Waals surface area contributed by atoms with E-state index in [9.17, 15) is 0 Å². The number of rotatable bonds is 5. The van der Waals surface area contributed by atoms with E-state index in [1.807, 2.05) is 0 Å². The van der Waals surface area contributed by atoms with Crippen LogP contribution >= 0.6 is 0 Å². The summed E-state index contributed by atoms with van der Waals surface area (Å²) in [6, 6.07) is 74.6. The van der Waals surface area contributed by atoms with Gasteiger partial charge in [0.2, 0.25) is 0 Å². The average Bonchev–Trinajstić information content (AvgIpc) is 3.54. The summed E-state index contributed by atoms with van der Waals surface area (Å²) >= 11 is 0. The molecule has 1 heterocycles.